The van der Waals surface area contributed by atoms with Crippen molar-refractivity contribution in [1.29, 1.82) is 0 Å². The number of furan rings is 2. The highest BCUT2D eigenvalue weighted by molar-refractivity contribution is 9.10. The molecule has 0 aliphatic rings. The van der Waals surface area contributed by atoms with Crippen LogP contribution in [-0.2, 0) is 6.54 Å². The van der Waals surface area contributed by atoms with Crippen molar-refractivity contribution in [1.82, 2.24) is 14.5 Å². The number of halogens is 2. The molecule has 39 heavy (non-hydrogen) atoms. The van der Waals surface area contributed by atoms with E-state index >= 15 is 0 Å². The molecule has 0 aliphatic carbocycles. The maximum atomic E-state index is 14.2. The lowest BCUT2D eigenvalue weighted by molar-refractivity contribution is 0.0612. The first-order valence-corrected chi connectivity index (χ1v) is 13.4. The van der Waals surface area contributed by atoms with Crippen LogP contribution in [0.3, 0.4) is 0 Å². The van der Waals surface area contributed by atoms with E-state index in [1.165, 1.54) is 29.0 Å². The number of carbonyl (C=O) groups excluding carboxylic acids is 1. The molecule has 0 spiro atoms. The highest BCUT2D eigenvalue weighted by Gasteiger charge is 2.33. The van der Waals surface area contributed by atoms with Crippen molar-refractivity contribution >= 4 is 43.9 Å². The number of nitrogens with zero attached hydrogens (tertiary/aromatic N) is 3. The summed E-state index contributed by atoms with van der Waals surface area (Å²) in [5.74, 6) is -0.0382. The van der Waals surface area contributed by atoms with Crippen LogP contribution in [0.25, 0.3) is 22.1 Å². The molecule has 1 atom stereocenters. The predicted octanol–water partition coefficient (Wildman–Crippen LogP) is 5.79. The lowest BCUT2D eigenvalue weighted by atomic mass is 9.99. The Bertz CT molecular complexity index is 1720. The lowest BCUT2D eigenvalue weighted by Crippen LogP contribution is -2.43. The number of benzene rings is 2. The fourth-order valence-electron chi connectivity index (χ4n) is 4.85. The minimum absolute atomic E-state index is 0.00251. The summed E-state index contributed by atoms with van der Waals surface area (Å²) in [6.45, 7) is 6.34. The van der Waals surface area contributed by atoms with Gasteiger partial charge in [-0.1, -0.05) is 31.5 Å². The molecule has 0 fully saturated rings. The van der Waals surface area contributed by atoms with E-state index in [2.05, 4.69) is 15.9 Å². The van der Waals surface area contributed by atoms with Crippen LogP contribution in [0.4, 0.5) is 4.39 Å². The van der Waals surface area contributed by atoms with E-state index in [9.17, 15) is 14.0 Å². The summed E-state index contributed by atoms with van der Waals surface area (Å²) in [5.41, 5.74) is 7.64. The molecule has 5 rings (SSSR count). The van der Waals surface area contributed by atoms with E-state index in [0.717, 1.165) is 10.0 Å². The van der Waals surface area contributed by atoms with Crippen LogP contribution < -0.4 is 11.3 Å². The molecule has 0 saturated heterocycles. The largest absolute Gasteiger partial charge is 0.466 e. The van der Waals surface area contributed by atoms with Crippen molar-refractivity contribution < 1.29 is 18.0 Å². The summed E-state index contributed by atoms with van der Waals surface area (Å²) < 4.78 is 27.9. The van der Waals surface area contributed by atoms with Crippen LogP contribution in [-0.4, -0.2) is 33.4 Å². The molecule has 1 amide bonds. The molecule has 8 nitrogen and oxygen atoms in total. The molecule has 0 saturated carbocycles. The minimum atomic E-state index is -0.642. The molecular formula is C29H28BrFN4O4. The number of fused-ring (bicyclic) bond motifs is 3. The van der Waals surface area contributed by atoms with E-state index in [0.29, 0.717) is 28.1 Å². The van der Waals surface area contributed by atoms with Crippen molar-refractivity contribution in [3.8, 4) is 0 Å². The number of hydrogen-bond acceptors (Lipinski definition) is 6. The van der Waals surface area contributed by atoms with Crippen molar-refractivity contribution in [2.24, 2.45) is 11.7 Å². The molecule has 3 heterocycles. The molecule has 2 N–H and O–H groups in total. The fourth-order valence-corrected chi connectivity index (χ4v) is 5.20. The average Bonchev–Trinajstić information content (AvgIpc) is 3.48. The molecular weight excluding hydrogens is 567 g/mol. The van der Waals surface area contributed by atoms with E-state index < -0.39 is 17.4 Å². The Balaban J connectivity index is 1.76. The van der Waals surface area contributed by atoms with Gasteiger partial charge < -0.3 is 19.5 Å². The number of amides is 1. The van der Waals surface area contributed by atoms with Gasteiger partial charge >= 0.3 is 0 Å². The van der Waals surface area contributed by atoms with Gasteiger partial charge in [-0.3, -0.25) is 14.2 Å². The zero-order chi connectivity index (χ0) is 27.8. The highest BCUT2D eigenvalue weighted by atomic mass is 79.9. The number of hydrogen-bond donors (Lipinski definition) is 1. The first-order chi connectivity index (χ1) is 18.7. The second kappa shape index (κ2) is 10.8. The highest BCUT2D eigenvalue weighted by Crippen LogP contribution is 2.33. The Hall–Kier alpha value is -3.76. The van der Waals surface area contributed by atoms with Gasteiger partial charge in [0.2, 0.25) is 5.58 Å². The van der Waals surface area contributed by atoms with Crippen molar-refractivity contribution in [2.75, 3.05) is 13.1 Å². The topological polar surface area (TPSA) is 108 Å². The maximum Gasteiger partial charge on any atom is 0.297 e. The van der Waals surface area contributed by atoms with Crippen molar-refractivity contribution in [3.63, 3.8) is 0 Å². The Kier molecular flexibility index (Phi) is 7.42. The van der Waals surface area contributed by atoms with Crippen molar-refractivity contribution in [2.45, 2.75) is 33.4 Å². The first-order valence-electron chi connectivity index (χ1n) is 12.6. The summed E-state index contributed by atoms with van der Waals surface area (Å²) in [7, 11) is 0. The molecule has 3 aromatic heterocycles. The predicted molar refractivity (Wildman–Crippen MR) is 150 cm³/mol. The molecule has 5 aromatic rings. The number of carbonyl (C=O) groups is 1. The SMILES string of the molecule is Cc1ccc(C(=O)N(CCN)C(c2nc3c(oc4ccc(F)cc43)c(=O)n2Cc2cc(Br)co2)C(C)C)cc1. The van der Waals surface area contributed by atoms with Crippen LogP contribution in [0.2, 0.25) is 0 Å². The van der Waals surface area contributed by atoms with Gasteiger partial charge in [0, 0.05) is 24.0 Å². The first kappa shape index (κ1) is 26.8. The fraction of sp³-hybridized carbons (Fsp3) is 0.276. The van der Waals surface area contributed by atoms with Gasteiger partial charge in [0.15, 0.2) is 0 Å². The number of aryl methyl sites for hydroxylation is 1. The van der Waals surface area contributed by atoms with Gasteiger partial charge in [-0.05, 0) is 65.2 Å². The zero-order valence-electron chi connectivity index (χ0n) is 21.8. The van der Waals surface area contributed by atoms with Crippen LogP contribution in [0.15, 0.2) is 72.9 Å². The Morgan fingerprint density at radius 2 is 1.92 bits per heavy atom. The summed E-state index contributed by atoms with van der Waals surface area (Å²) in [6, 6.07) is 12.4. The molecule has 1 unspecified atom stereocenters. The van der Waals surface area contributed by atoms with E-state index in [1.807, 2.05) is 32.9 Å². The number of rotatable bonds is 8. The van der Waals surface area contributed by atoms with Crippen molar-refractivity contribution in [3.05, 3.63) is 98.1 Å². The zero-order valence-corrected chi connectivity index (χ0v) is 23.4. The Labute approximate surface area is 232 Å². The van der Waals surface area contributed by atoms with E-state index in [1.54, 1.807) is 23.1 Å². The molecule has 0 radical (unpaired) electrons. The van der Waals surface area contributed by atoms with Gasteiger partial charge in [-0.25, -0.2) is 9.37 Å². The third-order valence-corrected chi connectivity index (χ3v) is 7.08. The second-order valence-electron chi connectivity index (χ2n) is 9.85. The standard InChI is InChI=1S/C29H28BrFN4O4/c1-16(2)25(34(11-10-32)28(36)18-6-4-17(3)5-7-18)27-33-24-22-13-20(31)8-9-23(22)39-26(24)29(37)35(27)14-21-12-19(30)15-38-21/h4-9,12-13,15-16,25H,10-11,14,32H2,1-3H3. The molecule has 202 valence electrons. The molecule has 0 aliphatic heterocycles. The summed E-state index contributed by atoms with van der Waals surface area (Å²) in [5, 5.41) is 0.383. The van der Waals surface area contributed by atoms with E-state index in [-0.39, 0.29) is 42.6 Å². The molecule has 2 aromatic carbocycles. The van der Waals surface area contributed by atoms with Gasteiger partial charge in [-0.2, -0.15) is 0 Å². The third-order valence-electron chi connectivity index (χ3n) is 6.66. The summed E-state index contributed by atoms with van der Waals surface area (Å²) in [4.78, 5) is 34.4. The maximum absolute atomic E-state index is 14.2. The van der Waals surface area contributed by atoms with Gasteiger partial charge in [0.05, 0.1) is 17.1 Å². The van der Waals surface area contributed by atoms with E-state index in [4.69, 9.17) is 19.6 Å². The van der Waals surface area contributed by atoms with Crippen LogP contribution in [0, 0.1) is 18.7 Å². The molecule has 10 heteroatoms. The van der Waals surface area contributed by atoms with Crippen LogP contribution >= 0.6 is 15.9 Å². The van der Waals surface area contributed by atoms with Gasteiger partial charge in [0.25, 0.3) is 11.5 Å². The molecule has 0 bridgehead atoms. The number of nitrogens with two attached hydrogens (primary N) is 1. The second-order valence-corrected chi connectivity index (χ2v) is 10.8. The lowest BCUT2D eigenvalue weighted by Gasteiger charge is -2.35. The minimum Gasteiger partial charge on any atom is -0.466 e. The Morgan fingerprint density at radius 1 is 1.18 bits per heavy atom. The number of aromatic nitrogens is 2. The smallest absolute Gasteiger partial charge is 0.297 e. The third kappa shape index (κ3) is 5.14. The Morgan fingerprint density at radius 3 is 2.56 bits per heavy atom. The summed E-state index contributed by atoms with van der Waals surface area (Å²) >= 11 is 3.38. The normalized spacial score (nSPS) is 12.5. The van der Waals surface area contributed by atoms with Crippen LogP contribution in [0.5, 0.6) is 0 Å². The van der Waals surface area contributed by atoms with Gasteiger partial charge in [0.1, 0.15) is 34.8 Å². The summed E-state index contributed by atoms with van der Waals surface area (Å²) in [6.07, 6.45) is 1.53. The van der Waals surface area contributed by atoms with Gasteiger partial charge in [-0.15, -0.1) is 0 Å². The monoisotopic (exact) mass is 594 g/mol. The average molecular weight is 595 g/mol. The van der Waals surface area contributed by atoms with Crippen LogP contribution in [0.1, 0.15) is 47.4 Å². The quantitative estimate of drug-likeness (QED) is 0.243.